The second kappa shape index (κ2) is 6.57. The van der Waals surface area contributed by atoms with Crippen molar-refractivity contribution < 1.29 is 9.47 Å². The Morgan fingerprint density at radius 3 is 2.68 bits per heavy atom. The van der Waals surface area contributed by atoms with Gasteiger partial charge >= 0.3 is 0 Å². The van der Waals surface area contributed by atoms with Crippen LogP contribution in [0.4, 0.5) is 0 Å². The van der Waals surface area contributed by atoms with Crippen LogP contribution in [0.5, 0.6) is 11.5 Å². The molecule has 0 aliphatic heterocycles. The van der Waals surface area contributed by atoms with Crippen LogP contribution in [-0.2, 0) is 11.9 Å². The maximum absolute atomic E-state index is 5.80. The third-order valence-electron chi connectivity index (χ3n) is 2.70. The summed E-state index contributed by atoms with van der Waals surface area (Å²) in [6.07, 6.45) is 0. The van der Waals surface area contributed by atoms with E-state index in [1.54, 1.807) is 7.11 Å². The van der Waals surface area contributed by atoms with E-state index >= 15 is 0 Å². The molecule has 4 heteroatoms. The molecular formula is C15H16BrNO2. The van der Waals surface area contributed by atoms with Crippen molar-refractivity contribution in [3.63, 3.8) is 0 Å². The number of alkyl halides is 1. The molecule has 100 valence electrons. The molecule has 1 aromatic heterocycles. The number of halogens is 1. The van der Waals surface area contributed by atoms with Gasteiger partial charge in [0.1, 0.15) is 6.61 Å². The summed E-state index contributed by atoms with van der Waals surface area (Å²) in [6.45, 7) is 2.40. The molecule has 0 aliphatic carbocycles. The van der Waals surface area contributed by atoms with Gasteiger partial charge in [-0.15, -0.1) is 0 Å². The van der Waals surface area contributed by atoms with E-state index < -0.39 is 0 Å². The number of pyridine rings is 1. The fraction of sp³-hybridized carbons (Fsp3) is 0.267. The summed E-state index contributed by atoms with van der Waals surface area (Å²) in [6, 6.07) is 11.8. The first-order valence-corrected chi connectivity index (χ1v) is 7.13. The molecule has 0 atom stereocenters. The molecule has 0 radical (unpaired) electrons. The quantitative estimate of drug-likeness (QED) is 0.783. The van der Waals surface area contributed by atoms with E-state index in [2.05, 4.69) is 20.9 Å². The number of aromatic nitrogens is 1. The molecule has 0 aliphatic rings. The van der Waals surface area contributed by atoms with E-state index in [0.29, 0.717) is 6.61 Å². The van der Waals surface area contributed by atoms with E-state index in [-0.39, 0.29) is 0 Å². The van der Waals surface area contributed by atoms with Crippen LogP contribution in [0.15, 0.2) is 36.4 Å². The highest BCUT2D eigenvalue weighted by Gasteiger charge is 2.06. The Labute approximate surface area is 121 Å². The Hall–Kier alpha value is -1.55. The second-order valence-electron chi connectivity index (χ2n) is 4.18. The lowest BCUT2D eigenvalue weighted by molar-refractivity contribution is 0.280. The summed E-state index contributed by atoms with van der Waals surface area (Å²) >= 11 is 3.43. The van der Waals surface area contributed by atoms with Gasteiger partial charge in [0.2, 0.25) is 0 Å². The smallest absolute Gasteiger partial charge is 0.162 e. The van der Waals surface area contributed by atoms with Gasteiger partial charge in [-0.1, -0.05) is 28.1 Å². The zero-order chi connectivity index (χ0) is 13.7. The van der Waals surface area contributed by atoms with E-state index in [9.17, 15) is 0 Å². The molecular weight excluding hydrogens is 306 g/mol. The second-order valence-corrected chi connectivity index (χ2v) is 4.74. The molecule has 0 spiro atoms. The lowest BCUT2D eigenvalue weighted by atomic mass is 10.2. The number of hydrogen-bond acceptors (Lipinski definition) is 3. The van der Waals surface area contributed by atoms with Crippen LogP contribution in [0.3, 0.4) is 0 Å². The summed E-state index contributed by atoms with van der Waals surface area (Å²) in [4.78, 5) is 4.41. The number of aryl methyl sites for hydroxylation is 1. The van der Waals surface area contributed by atoms with Crippen LogP contribution in [0.25, 0.3) is 0 Å². The molecule has 0 saturated carbocycles. The number of hydrogen-bond donors (Lipinski definition) is 0. The van der Waals surface area contributed by atoms with E-state index in [1.807, 2.05) is 43.3 Å². The normalized spacial score (nSPS) is 10.3. The van der Waals surface area contributed by atoms with Gasteiger partial charge in [-0.25, -0.2) is 0 Å². The van der Waals surface area contributed by atoms with Crippen molar-refractivity contribution in [2.24, 2.45) is 0 Å². The van der Waals surface area contributed by atoms with Crippen molar-refractivity contribution in [1.29, 1.82) is 0 Å². The highest BCUT2D eigenvalue weighted by atomic mass is 79.9. The van der Waals surface area contributed by atoms with Crippen molar-refractivity contribution >= 4 is 15.9 Å². The highest BCUT2D eigenvalue weighted by molar-refractivity contribution is 9.08. The predicted octanol–water partition coefficient (Wildman–Crippen LogP) is 3.87. The number of ether oxygens (including phenoxy) is 2. The molecule has 0 fully saturated rings. The summed E-state index contributed by atoms with van der Waals surface area (Å²) < 4.78 is 11.1. The SMILES string of the molecule is COc1ccc(CBr)cc1OCc1cccc(C)n1. The van der Waals surface area contributed by atoms with Crippen molar-refractivity contribution in [3.8, 4) is 11.5 Å². The van der Waals surface area contributed by atoms with Gasteiger partial charge in [-0.3, -0.25) is 4.98 Å². The largest absolute Gasteiger partial charge is 0.493 e. The molecule has 19 heavy (non-hydrogen) atoms. The van der Waals surface area contributed by atoms with Crippen molar-refractivity contribution in [2.75, 3.05) is 7.11 Å². The van der Waals surface area contributed by atoms with Gasteiger partial charge in [0, 0.05) is 11.0 Å². The molecule has 0 unspecified atom stereocenters. The molecule has 2 aromatic rings. The molecule has 2 rings (SSSR count). The summed E-state index contributed by atoms with van der Waals surface area (Å²) in [5, 5.41) is 0.788. The van der Waals surface area contributed by atoms with E-state index in [4.69, 9.17) is 9.47 Å². The van der Waals surface area contributed by atoms with Gasteiger partial charge in [0.15, 0.2) is 11.5 Å². The molecule has 1 heterocycles. The monoisotopic (exact) mass is 321 g/mol. The van der Waals surface area contributed by atoms with Crippen molar-refractivity contribution in [2.45, 2.75) is 18.9 Å². The van der Waals surface area contributed by atoms with Gasteiger partial charge in [-0.05, 0) is 36.8 Å². The standard InChI is InChI=1S/C15H16BrNO2/c1-11-4-3-5-13(17-11)10-19-15-8-12(9-16)6-7-14(15)18-2/h3-8H,9-10H2,1-2H3. The zero-order valence-corrected chi connectivity index (χ0v) is 12.6. The van der Waals surface area contributed by atoms with E-state index in [0.717, 1.165) is 33.8 Å². The van der Waals surface area contributed by atoms with Gasteiger partial charge < -0.3 is 9.47 Å². The first kappa shape index (κ1) is 13.9. The molecule has 0 amide bonds. The zero-order valence-electron chi connectivity index (χ0n) is 11.0. The fourth-order valence-electron chi connectivity index (χ4n) is 1.75. The van der Waals surface area contributed by atoms with Crippen LogP contribution < -0.4 is 9.47 Å². The lowest BCUT2D eigenvalue weighted by Gasteiger charge is -2.11. The first-order valence-electron chi connectivity index (χ1n) is 6.01. The average molecular weight is 322 g/mol. The van der Waals surface area contributed by atoms with Crippen molar-refractivity contribution in [3.05, 3.63) is 53.3 Å². The number of nitrogens with zero attached hydrogens (tertiary/aromatic N) is 1. The third kappa shape index (κ3) is 3.70. The highest BCUT2D eigenvalue weighted by Crippen LogP contribution is 2.29. The maximum Gasteiger partial charge on any atom is 0.162 e. The summed E-state index contributed by atoms with van der Waals surface area (Å²) in [7, 11) is 1.64. The maximum atomic E-state index is 5.80. The van der Waals surface area contributed by atoms with Crippen LogP contribution in [0.2, 0.25) is 0 Å². The van der Waals surface area contributed by atoms with Crippen LogP contribution >= 0.6 is 15.9 Å². The Morgan fingerprint density at radius 2 is 2.00 bits per heavy atom. The molecule has 0 saturated heterocycles. The Balaban J connectivity index is 2.14. The Morgan fingerprint density at radius 1 is 1.16 bits per heavy atom. The van der Waals surface area contributed by atoms with Crippen LogP contribution in [-0.4, -0.2) is 12.1 Å². The minimum Gasteiger partial charge on any atom is -0.493 e. The van der Waals surface area contributed by atoms with Crippen LogP contribution in [0.1, 0.15) is 17.0 Å². The lowest BCUT2D eigenvalue weighted by Crippen LogP contribution is -2.01. The predicted molar refractivity (Wildman–Crippen MR) is 78.9 cm³/mol. The summed E-state index contributed by atoms with van der Waals surface area (Å²) in [5.41, 5.74) is 3.04. The number of benzene rings is 1. The van der Waals surface area contributed by atoms with E-state index in [1.165, 1.54) is 0 Å². The van der Waals surface area contributed by atoms with Crippen LogP contribution in [0, 0.1) is 6.92 Å². The van der Waals surface area contributed by atoms with Crippen molar-refractivity contribution in [1.82, 2.24) is 4.98 Å². The third-order valence-corrected chi connectivity index (χ3v) is 3.35. The van der Waals surface area contributed by atoms with Gasteiger partial charge in [-0.2, -0.15) is 0 Å². The molecule has 0 bridgehead atoms. The number of rotatable bonds is 5. The Kier molecular flexibility index (Phi) is 4.80. The minimum atomic E-state index is 0.434. The topological polar surface area (TPSA) is 31.4 Å². The molecule has 3 nitrogen and oxygen atoms in total. The fourth-order valence-corrected chi connectivity index (χ4v) is 2.10. The molecule has 0 N–H and O–H groups in total. The first-order chi connectivity index (χ1) is 9.22. The average Bonchev–Trinajstić information content (AvgIpc) is 2.45. The minimum absolute atomic E-state index is 0.434. The Bertz CT molecular complexity index is 558. The molecule has 1 aromatic carbocycles. The van der Waals surface area contributed by atoms with Gasteiger partial charge in [0.25, 0.3) is 0 Å². The summed E-state index contributed by atoms with van der Waals surface area (Å²) in [5.74, 6) is 1.47. The van der Waals surface area contributed by atoms with Gasteiger partial charge in [0.05, 0.1) is 12.8 Å². The number of methoxy groups -OCH3 is 1.